The van der Waals surface area contributed by atoms with E-state index in [1.165, 1.54) is 18.2 Å². The zero-order valence-electron chi connectivity index (χ0n) is 14.1. The molecule has 1 aliphatic carbocycles. The van der Waals surface area contributed by atoms with E-state index < -0.39 is 0 Å². The first kappa shape index (κ1) is 19.6. The number of benzene rings is 2. The second kappa shape index (κ2) is 8.60. The summed E-state index contributed by atoms with van der Waals surface area (Å²) < 4.78 is 27.2. The number of nitrogens with zero attached hydrogens (tertiary/aromatic N) is 1. The van der Waals surface area contributed by atoms with Crippen LogP contribution in [0.2, 0.25) is 0 Å². The van der Waals surface area contributed by atoms with Crippen LogP contribution in [0.1, 0.15) is 24.0 Å². The van der Waals surface area contributed by atoms with Crippen LogP contribution >= 0.6 is 24.0 Å². The summed E-state index contributed by atoms with van der Waals surface area (Å²) in [6.07, 6.45) is 1.92. The van der Waals surface area contributed by atoms with E-state index in [1.54, 1.807) is 19.2 Å². The van der Waals surface area contributed by atoms with Gasteiger partial charge in [-0.2, -0.15) is 0 Å². The maximum Gasteiger partial charge on any atom is 0.191 e. The van der Waals surface area contributed by atoms with Crippen molar-refractivity contribution in [1.29, 1.82) is 0 Å². The SMILES string of the molecule is CN=C(NCc1cccc(F)c1)NCC1(c2ccccc2F)CC1.I. The lowest BCUT2D eigenvalue weighted by Crippen LogP contribution is -2.41. The van der Waals surface area contributed by atoms with Gasteiger partial charge in [0.05, 0.1) is 0 Å². The van der Waals surface area contributed by atoms with Crippen LogP contribution in [0, 0.1) is 11.6 Å². The number of hydrogen-bond donors (Lipinski definition) is 2. The predicted molar refractivity (Wildman–Crippen MR) is 107 cm³/mol. The van der Waals surface area contributed by atoms with Crippen molar-refractivity contribution in [3.8, 4) is 0 Å². The third kappa shape index (κ3) is 4.90. The van der Waals surface area contributed by atoms with E-state index in [1.807, 2.05) is 18.2 Å². The lowest BCUT2D eigenvalue weighted by Gasteiger charge is -2.19. The van der Waals surface area contributed by atoms with Crippen molar-refractivity contribution in [1.82, 2.24) is 10.6 Å². The first-order valence-corrected chi connectivity index (χ1v) is 8.07. The Morgan fingerprint density at radius 3 is 2.48 bits per heavy atom. The van der Waals surface area contributed by atoms with Gasteiger partial charge in [0, 0.05) is 25.6 Å². The molecule has 0 aromatic heterocycles. The lowest BCUT2D eigenvalue weighted by molar-refractivity contribution is 0.559. The van der Waals surface area contributed by atoms with Gasteiger partial charge in [-0.25, -0.2) is 8.78 Å². The zero-order valence-corrected chi connectivity index (χ0v) is 16.4. The second-order valence-corrected chi connectivity index (χ2v) is 6.17. The summed E-state index contributed by atoms with van der Waals surface area (Å²) >= 11 is 0. The summed E-state index contributed by atoms with van der Waals surface area (Å²) in [5.74, 6) is 0.218. The first-order chi connectivity index (χ1) is 11.6. The van der Waals surface area contributed by atoms with E-state index >= 15 is 0 Å². The molecule has 134 valence electrons. The van der Waals surface area contributed by atoms with Gasteiger partial charge in [0.25, 0.3) is 0 Å². The van der Waals surface area contributed by atoms with Crippen LogP contribution in [0.4, 0.5) is 8.78 Å². The lowest BCUT2D eigenvalue weighted by atomic mass is 9.95. The van der Waals surface area contributed by atoms with Gasteiger partial charge in [-0.15, -0.1) is 24.0 Å². The van der Waals surface area contributed by atoms with Crippen LogP contribution in [0.25, 0.3) is 0 Å². The minimum Gasteiger partial charge on any atom is -0.356 e. The van der Waals surface area contributed by atoms with Crippen LogP contribution in [-0.4, -0.2) is 19.6 Å². The average molecular weight is 457 g/mol. The van der Waals surface area contributed by atoms with Gasteiger partial charge in [0.2, 0.25) is 0 Å². The van der Waals surface area contributed by atoms with Crippen molar-refractivity contribution in [2.24, 2.45) is 4.99 Å². The fourth-order valence-corrected chi connectivity index (χ4v) is 2.89. The Balaban J connectivity index is 0.00000225. The highest BCUT2D eigenvalue weighted by Crippen LogP contribution is 2.48. The summed E-state index contributed by atoms with van der Waals surface area (Å²) in [5.41, 5.74) is 1.45. The normalized spacial score (nSPS) is 15.2. The van der Waals surface area contributed by atoms with Crippen LogP contribution in [0.5, 0.6) is 0 Å². The molecule has 1 fully saturated rings. The number of aliphatic imine (C=N–C) groups is 1. The Morgan fingerprint density at radius 1 is 1.08 bits per heavy atom. The molecule has 0 radical (unpaired) electrons. The predicted octanol–water partition coefficient (Wildman–Crippen LogP) is 3.98. The quantitative estimate of drug-likeness (QED) is 0.405. The maximum absolute atomic E-state index is 14.0. The summed E-state index contributed by atoms with van der Waals surface area (Å²) in [7, 11) is 1.68. The largest absolute Gasteiger partial charge is 0.356 e. The van der Waals surface area contributed by atoms with Crippen LogP contribution < -0.4 is 10.6 Å². The van der Waals surface area contributed by atoms with Crippen molar-refractivity contribution in [2.75, 3.05) is 13.6 Å². The van der Waals surface area contributed by atoms with Crippen LogP contribution in [0.3, 0.4) is 0 Å². The fraction of sp³-hybridized carbons (Fsp3) is 0.316. The average Bonchev–Trinajstić information content (AvgIpc) is 3.36. The van der Waals surface area contributed by atoms with Crippen molar-refractivity contribution in [2.45, 2.75) is 24.8 Å². The number of halogens is 3. The Morgan fingerprint density at radius 2 is 1.84 bits per heavy atom. The molecule has 1 aliphatic rings. The van der Waals surface area contributed by atoms with Crippen molar-refractivity contribution in [3.63, 3.8) is 0 Å². The smallest absolute Gasteiger partial charge is 0.191 e. The third-order valence-corrected chi connectivity index (χ3v) is 4.47. The van der Waals surface area contributed by atoms with E-state index in [0.717, 1.165) is 24.0 Å². The molecule has 3 rings (SSSR count). The summed E-state index contributed by atoms with van der Waals surface area (Å²) in [6, 6.07) is 13.4. The molecule has 0 spiro atoms. The van der Waals surface area contributed by atoms with Gasteiger partial charge >= 0.3 is 0 Å². The van der Waals surface area contributed by atoms with Crippen LogP contribution in [0.15, 0.2) is 53.5 Å². The van der Waals surface area contributed by atoms with Gasteiger partial charge in [-0.3, -0.25) is 4.99 Å². The Labute approximate surface area is 164 Å². The highest BCUT2D eigenvalue weighted by Gasteiger charge is 2.45. The van der Waals surface area contributed by atoms with E-state index in [0.29, 0.717) is 19.0 Å². The van der Waals surface area contributed by atoms with E-state index in [-0.39, 0.29) is 41.0 Å². The minimum atomic E-state index is -0.256. The minimum absolute atomic E-state index is 0. The van der Waals surface area contributed by atoms with Gasteiger partial charge in [-0.05, 0) is 42.2 Å². The maximum atomic E-state index is 14.0. The second-order valence-electron chi connectivity index (χ2n) is 6.17. The van der Waals surface area contributed by atoms with Crippen molar-refractivity contribution >= 4 is 29.9 Å². The molecule has 0 bridgehead atoms. The molecule has 2 aromatic rings. The number of rotatable bonds is 5. The topological polar surface area (TPSA) is 36.4 Å². The molecule has 0 heterocycles. The first-order valence-electron chi connectivity index (χ1n) is 8.07. The molecule has 6 heteroatoms. The summed E-state index contributed by atoms with van der Waals surface area (Å²) in [4.78, 5) is 4.18. The summed E-state index contributed by atoms with van der Waals surface area (Å²) in [5, 5.41) is 6.42. The molecule has 0 amide bonds. The molecule has 3 nitrogen and oxygen atoms in total. The Hall–Kier alpha value is -1.70. The molecule has 2 N–H and O–H groups in total. The molecular weight excluding hydrogens is 435 g/mol. The third-order valence-electron chi connectivity index (χ3n) is 4.47. The van der Waals surface area contributed by atoms with Gasteiger partial charge < -0.3 is 10.6 Å². The highest BCUT2D eigenvalue weighted by atomic mass is 127. The number of nitrogens with one attached hydrogen (secondary N) is 2. The van der Waals surface area contributed by atoms with Crippen molar-refractivity contribution in [3.05, 3.63) is 71.3 Å². The number of hydrogen-bond acceptors (Lipinski definition) is 1. The monoisotopic (exact) mass is 457 g/mol. The zero-order chi connectivity index (χ0) is 17.0. The fourth-order valence-electron chi connectivity index (χ4n) is 2.89. The van der Waals surface area contributed by atoms with E-state index in [9.17, 15) is 8.78 Å². The molecule has 0 unspecified atom stereocenters. The molecule has 0 atom stereocenters. The van der Waals surface area contributed by atoms with Gasteiger partial charge in [0.15, 0.2) is 5.96 Å². The van der Waals surface area contributed by atoms with E-state index in [4.69, 9.17) is 0 Å². The standard InChI is InChI=1S/C19H21F2N3.HI/c1-22-18(23-12-14-5-4-6-15(20)11-14)24-13-19(9-10-19)16-7-2-3-8-17(16)21;/h2-8,11H,9-10,12-13H2,1H3,(H2,22,23,24);1H. The summed E-state index contributed by atoms with van der Waals surface area (Å²) in [6.45, 7) is 1.10. The number of guanidine groups is 1. The van der Waals surface area contributed by atoms with Crippen molar-refractivity contribution < 1.29 is 8.78 Å². The highest BCUT2D eigenvalue weighted by molar-refractivity contribution is 14.0. The molecule has 0 saturated heterocycles. The van der Waals surface area contributed by atoms with Gasteiger partial charge in [0.1, 0.15) is 11.6 Å². The molecule has 2 aromatic carbocycles. The molecule has 1 saturated carbocycles. The van der Waals surface area contributed by atoms with Gasteiger partial charge in [-0.1, -0.05) is 30.3 Å². The molecule has 25 heavy (non-hydrogen) atoms. The molecule has 0 aliphatic heterocycles. The van der Waals surface area contributed by atoms with Crippen LogP contribution in [-0.2, 0) is 12.0 Å². The van der Waals surface area contributed by atoms with E-state index in [2.05, 4.69) is 15.6 Å². The molecular formula is C19H22F2IN3. The Bertz CT molecular complexity index is 745. The Kier molecular flexibility index (Phi) is 6.75.